The first-order valence-electron chi connectivity index (χ1n) is 8.34. The fourth-order valence-corrected chi connectivity index (χ4v) is 2.68. The Balaban J connectivity index is 1.72. The Labute approximate surface area is 167 Å². The number of nitrogens with one attached hydrogen (secondary N) is 1. The first-order valence-corrected chi connectivity index (χ1v) is 9.10. The zero-order valence-corrected chi connectivity index (χ0v) is 16.2. The summed E-state index contributed by atoms with van der Waals surface area (Å²) in [5, 5.41) is 3.83. The first kappa shape index (κ1) is 20.9. The summed E-state index contributed by atoms with van der Waals surface area (Å²) in [6, 6.07) is 13.3. The molecule has 1 amide bonds. The van der Waals surface area contributed by atoms with E-state index in [-0.39, 0.29) is 24.7 Å². The number of hydrogen-bond donors (Lipinski definition) is 1. The van der Waals surface area contributed by atoms with Crippen molar-refractivity contribution >= 4 is 40.9 Å². The highest BCUT2D eigenvalue weighted by Crippen LogP contribution is 2.17. The number of ether oxygens (including phenoxy) is 1. The SMILES string of the molecule is C[C@@H](NC(=O)COC(=O)CCC(=O)c1ccc(Cl)cc1)c1cccc(Cl)c1. The molecule has 2 rings (SSSR count). The van der Waals surface area contributed by atoms with Gasteiger partial charge in [-0.15, -0.1) is 0 Å². The smallest absolute Gasteiger partial charge is 0.306 e. The quantitative estimate of drug-likeness (QED) is 0.520. The standard InChI is InChI=1S/C20H19Cl2NO4/c1-13(15-3-2-4-17(22)11-15)23-19(25)12-27-20(26)10-9-18(24)14-5-7-16(21)8-6-14/h2-8,11,13H,9-10,12H2,1H3,(H,23,25)/t13-/m1/s1. The molecule has 0 fully saturated rings. The fourth-order valence-electron chi connectivity index (χ4n) is 2.36. The van der Waals surface area contributed by atoms with Crippen LogP contribution in [0, 0.1) is 0 Å². The maximum Gasteiger partial charge on any atom is 0.306 e. The molecule has 0 radical (unpaired) electrons. The minimum atomic E-state index is -0.608. The van der Waals surface area contributed by atoms with Crippen molar-refractivity contribution in [2.75, 3.05) is 6.61 Å². The third kappa shape index (κ3) is 7.04. The van der Waals surface area contributed by atoms with Crippen molar-refractivity contribution in [3.63, 3.8) is 0 Å². The predicted molar refractivity (Wildman–Crippen MR) is 104 cm³/mol. The van der Waals surface area contributed by atoms with Crippen LogP contribution in [-0.4, -0.2) is 24.3 Å². The molecule has 7 heteroatoms. The third-order valence-electron chi connectivity index (χ3n) is 3.81. The van der Waals surface area contributed by atoms with Crippen LogP contribution in [0.15, 0.2) is 48.5 Å². The van der Waals surface area contributed by atoms with Crippen molar-refractivity contribution < 1.29 is 19.1 Å². The van der Waals surface area contributed by atoms with Crippen LogP contribution >= 0.6 is 23.2 Å². The van der Waals surface area contributed by atoms with Crippen molar-refractivity contribution in [1.82, 2.24) is 5.32 Å². The molecule has 142 valence electrons. The summed E-state index contributed by atoms with van der Waals surface area (Å²) in [5.74, 6) is -1.23. The van der Waals surface area contributed by atoms with Gasteiger partial charge in [0.2, 0.25) is 0 Å². The molecular weight excluding hydrogens is 389 g/mol. The lowest BCUT2D eigenvalue weighted by atomic mass is 10.1. The summed E-state index contributed by atoms with van der Waals surface area (Å²) in [6.45, 7) is 1.40. The molecule has 0 aliphatic carbocycles. The molecule has 0 spiro atoms. The molecule has 5 nitrogen and oxygen atoms in total. The molecule has 2 aromatic rings. The lowest BCUT2D eigenvalue weighted by Gasteiger charge is -2.14. The van der Waals surface area contributed by atoms with Crippen LogP contribution in [0.1, 0.15) is 41.7 Å². The maximum atomic E-state index is 12.0. The minimum absolute atomic E-state index is 0.000994. The molecule has 0 aromatic heterocycles. The molecule has 27 heavy (non-hydrogen) atoms. The first-order chi connectivity index (χ1) is 12.8. The highest BCUT2D eigenvalue weighted by Gasteiger charge is 2.14. The van der Waals surface area contributed by atoms with Crippen molar-refractivity contribution in [3.8, 4) is 0 Å². The number of rotatable bonds is 8. The van der Waals surface area contributed by atoms with Crippen LogP contribution in [0.2, 0.25) is 10.0 Å². The van der Waals surface area contributed by atoms with E-state index in [0.29, 0.717) is 15.6 Å². The molecule has 1 atom stereocenters. The molecule has 0 unspecified atom stereocenters. The largest absolute Gasteiger partial charge is 0.456 e. The normalized spacial score (nSPS) is 11.5. The van der Waals surface area contributed by atoms with E-state index in [2.05, 4.69) is 5.32 Å². The van der Waals surface area contributed by atoms with E-state index < -0.39 is 18.5 Å². The van der Waals surface area contributed by atoms with Crippen molar-refractivity contribution in [1.29, 1.82) is 0 Å². The van der Waals surface area contributed by atoms with Crippen molar-refractivity contribution in [2.45, 2.75) is 25.8 Å². The van der Waals surface area contributed by atoms with E-state index >= 15 is 0 Å². The second-order valence-corrected chi connectivity index (χ2v) is 6.81. The molecule has 0 heterocycles. The van der Waals surface area contributed by atoms with Crippen LogP contribution in [-0.2, 0) is 14.3 Å². The van der Waals surface area contributed by atoms with Crippen LogP contribution in [0.3, 0.4) is 0 Å². The Morgan fingerprint density at radius 3 is 2.37 bits per heavy atom. The topological polar surface area (TPSA) is 72.5 Å². The zero-order chi connectivity index (χ0) is 19.8. The van der Waals surface area contributed by atoms with E-state index in [1.807, 2.05) is 6.07 Å². The number of halogens is 2. The average molecular weight is 408 g/mol. The molecule has 2 aromatic carbocycles. The summed E-state index contributed by atoms with van der Waals surface area (Å²) in [4.78, 5) is 35.6. The fraction of sp³-hybridized carbons (Fsp3) is 0.250. The molecule has 0 bridgehead atoms. The molecule has 1 N–H and O–H groups in total. The number of carbonyl (C=O) groups is 3. The number of carbonyl (C=O) groups excluding carboxylic acids is 3. The summed E-state index contributed by atoms with van der Waals surface area (Å²) >= 11 is 11.7. The average Bonchev–Trinajstić information content (AvgIpc) is 2.65. The number of esters is 1. The van der Waals surface area contributed by atoms with Gasteiger partial charge in [0, 0.05) is 22.0 Å². The van der Waals surface area contributed by atoms with E-state index in [1.165, 1.54) is 0 Å². The summed E-state index contributed by atoms with van der Waals surface area (Å²) in [5.41, 5.74) is 1.32. The Morgan fingerprint density at radius 2 is 1.70 bits per heavy atom. The van der Waals surface area contributed by atoms with Gasteiger partial charge in [-0.1, -0.05) is 35.3 Å². The molecule has 0 saturated heterocycles. The molecular formula is C20H19Cl2NO4. The summed E-state index contributed by atoms with van der Waals surface area (Å²) in [7, 11) is 0. The second kappa shape index (κ2) is 10.1. The van der Waals surface area contributed by atoms with Gasteiger partial charge in [0.15, 0.2) is 12.4 Å². The predicted octanol–water partition coefficient (Wildman–Crippen LogP) is 4.38. The number of hydrogen-bond acceptors (Lipinski definition) is 4. The van der Waals surface area contributed by atoms with Crippen molar-refractivity contribution in [3.05, 3.63) is 69.7 Å². The Morgan fingerprint density at radius 1 is 1.00 bits per heavy atom. The van der Waals surface area contributed by atoms with Crippen molar-refractivity contribution in [2.24, 2.45) is 0 Å². The lowest BCUT2D eigenvalue weighted by molar-refractivity contribution is -0.148. The van der Waals surface area contributed by atoms with Crippen LogP contribution < -0.4 is 5.32 Å². The third-order valence-corrected chi connectivity index (χ3v) is 4.30. The molecule has 0 aliphatic heterocycles. The lowest BCUT2D eigenvalue weighted by Crippen LogP contribution is -2.31. The van der Waals surface area contributed by atoms with Gasteiger partial charge in [0.1, 0.15) is 0 Å². The van der Waals surface area contributed by atoms with Gasteiger partial charge in [0.25, 0.3) is 5.91 Å². The van der Waals surface area contributed by atoms with Crippen LogP contribution in [0.5, 0.6) is 0 Å². The van der Waals surface area contributed by atoms with E-state index in [1.54, 1.807) is 49.4 Å². The van der Waals surface area contributed by atoms with Gasteiger partial charge in [0.05, 0.1) is 12.5 Å². The van der Waals surface area contributed by atoms with Crippen LogP contribution in [0.25, 0.3) is 0 Å². The van der Waals surface area contributed by atoms with E-state index in [4.69, 9.17) is 27.9 Å². The van der Waals surface area contributed by atoms with Gasteiger partial charge in [-0.05, 0) is 48.9 Å². The number of amides is 1. The number of Topliss-reactive ketones (excluding diaryl/α,β-unsaturated/α-hetero) is 1. The number of ketones is 1. The monoisotopic (exact) mass is 407 g/mol. The van der Waals surface area contributed by atoms with E-state index in [9.17, 15) is 14.4 Å². The van der Waals surface area contributed by atoms with Gasteiger partial charge in [-0.3, -0.25) is 14.4 Å². The van der Waals surface area contributed by atoms with E-state index in [0.717, 1.165) is 5.56 Å². The highest BCUT2D eigenvalue weighted by molar-refractivity contribution is 6.30. The summed E-state index contributed by atoms with van der Waals surface area (Å²) < 4.78 is 4.92. The summed E-state index contributed by atoms with van der Waals surface area (Å²) in [6.07, 6.45) is -0.0976. The Hall–Kier alpha value is -2.37. The number of benzene rings is 2. The van der Waals surface area contributed by atoms with Gasteiger partial charge in [-0.25, -0.2) is 0 Å². The minimum Gasteiger partial charge on any atom is -0.456 e. The molecule has 0 aliphatic rings. The van der Waals surface area contributed by atoms with Gasteiger partial charge in [-0.2, -0.15) is 0 Å². The highest BCUT2D eigenvalue weighted by atomic mass is 35.5. The zero-order valence-electron chi connectivity index (χ0n) is 14.7. The Bertz CT molecular complexity index is 821. The molecule has 0 saturated carbocycles. The van der Waals surface area contributed by atoms with Crippen LogP contribution in [0.4, 0.5) is 0 Å². The Kier molecular flexibility index (Phi) is 7.82. The van der Waals surface area contributed by atoms with Gasteiger partial charge >= 0.3 is 5.97 Å². The second-order valence-electron chi connectivity index (χ2n) is 5.93. The maximum absolute atomic E-state index is 12.0. The van der Waals surface area contributed by atoms with Gasteiger partial charge < -0.3 is 10.1 Å².